The van der Waals surface area contributed by atoms with E-state index >= 15 is 0 Å². The molecule has 0 bridgehead atoms. The van der Waals surface area contributed by atoms with Gasteiger partial charge in [0.1, 0.15) is 0 Å². The maximum Gasteiger partial charge on any atom is 0.0755 e. The van der Waals surface area contributed by atoms with Crippen molar-refractivity contribution < 1.29 is 0 Å². The van der Waals surface area contributed by atoms with Crippen LogP contribution in [0.2, 0.25) is 0 Å². The van der Waals surface area contributed by atoms with Gasteiger partial charge < -0.3 is 4.90 Å². The van der Waals surface area contributed by atoms with Crippen molar-refractivity contribution in [1.82, 2.24) is 0 Å². The largest absolute Gasteiger partial charge is 0.307 e. The van der Waals surface area contributed by atoms with Gasteiger partial charge in [0.15, 0.2) is 0 Å². The quantitative estimate of drug-likeness (QED) is 0.168. The van der Waals surface area contributed by atoms with E-state index in [2.05, 4.69) is 193 Å². The molecular formula is C53H31N. The molecule has 248 valence electrons. The number of nitrogens with zero attached hydrogens (tertiary/aromatic N) is 1. The highest BCUT2D eigenvalue weighted by atomic mass is 15.2. The van der Waals surface area contributed by atoms with Crippen molar-refractivity contribution in [3.8, 4) is 33.4 Å². The third-order valence-corrected chi connectivity index (χ3v) is 12.7. The lowest BCUT2D eigenvalue weighted by atomic mass is 9.58. The summed E-state index contributed by atoms with van der Waals surface area (Å²) in [5.74, 6) is 0. The molecule has 13 rings (SSSR count). The van der Waals surface area contributed by atoms with Crippen molar-refractivity contribution in [1.29, 1.82) is 0 Å². The third kappa shape index (κ3) is 3.29. The van der Waals surface area contributed by atoms with E-state index in [1.54, 1.807) is 0 Å². The molecule has 3 aliphatic heterocycles. The van der Waals surface area contributed by atoms with Crippen LogP contribution in [0.5, 0.6) is 0 Å². The van der Waals surface area contributed by atoms with Crippen molar-refractivity contribution in [2.45, 2.75) is 5.41 Å². The predicted molar refractivity (Wildman–Crippen MR) is 226 cm³/mol. The summed E-state index contributed by atoms with van der Waals surface area (Å²) in [7, 11) is 0. The molecule has 10 aromatic rings. The van der Waals surface area contributed by atoms with Crippen LogP contribution in [0.25, 0.3) is 76.5 Å². The molecule has 3 aliphatic rings. The maximum atomic E-state index is 2.72. The maximum absolute atomic E-state index is 2.72. The van der Waals surface area contributed by atoms with Gasteiger partial charge in [0.2, 0.25) is 0 Å². The van der Waals surface area contributed by atoms with E-state index in [1.807, 2.05) is 0 Å². The van der Waals surface area contributed by atoms with Crippen LogP contribution < -0.4 is 4.90 Å². The molecule has 1 heteroatoms. The second kappa shape index (κ2) is 10.1. The van der Waals surface area contributed by atoms with Crippen molar-refractivity contribution in [3.63, 3.8) is 0 Å². The van der Waals surface area contributed by atoms with E-state index in [1.165, 1.54) is 116 Å². The number of hydrogen-bond acceptors (Lipinski definition) is 1. The van der Waals surface area contributed by atoms with Crippen molar-refractivity contribution >= 4 is 60.2 Å². The fourth-order valence-electron chi connectivity index (χ4n) is 10.8. The highest BCUT2D eigenvalue weighted by Crippen LogP contribution is 2.70. The Hall–Kier alpha value is -6.96. The number of rotatable bonds is 3. The zero-order chi connectivity index (χ0) is 35.1. The molecule has 0 N–H and O–H groups in total. The molecule has 0 spiro atoms. The molecule has 54 heavy (non-hydrogen) atoms. The normalized spacial score (nSPS) is 14.0. The Morgan fingerprint density at radius 1 is 0.296 bits per heavy atom. The molecule has 3 heterocycles. The zero-order valence-corrected chi connectivity index (χ0v) is 29.3. The first kappa shape index (κ1) is 28.6. The molecule has 0 aliphatic carbocycles. The fourth-order valence-corrected chi connectivity index (χ4v) is 10.8. The molecular weight excluding hydrogens is 651 g/mol. The van der Waals surface area contributed by atoms with Crippen LogP contribution in [0.1, 0.15) is 22.3 Å². The van der Waals surface area contributed by atoms with Crippen LogP contribution in [-0.2, 0) is 5.41 Å². The number of hydrogen-bond donors (Lipinski definition) is 0. The summed E-state index contributed by atoms with van der Waals surface area (Å²) in [6, 6.07) is 70.9. The number of benzene rings is 10. The van der Waals surface area contributed by atoms with Crippen LogP contribution in [-0.4, -0.2) is 0 Å². The van der Waals surface area contributed by atoms with Crippen LogP contribution in [0, 0.1) is 0 Å². The lowest BCUT2D eigenvalue weighted by molar-refractivity contribution is 0.748. The van der Waals surface area contributed by atoms with Gasteiger partial charge >= 0.3 is 0 Å². The Balaban J connectivity index is 1.39. The summed E-state index contributed by atoms with van der Waals surface area (Å²) in [4.78, 5) is 2.72. The van der Waals surface area contributed by atoms with E-state index in [0.29, 0.717) is 0 Å². The first-order valence-corrected chi connectivity index (χ1v) is 19.0. The van der Waals surface area contributed by atoms with Gasteiger partial charge in [0.25, 0.3) is 0 Å². The third-order valence-electron chi connectivity index (χ3n) is 12.7. The van der Waals surface area contributed by atoms with Crippen molar-refractivity contribution in [2.24, 2.45) is 0 Å². The summed E-state index contributed by atoms with van der Waals surface area (Å²) in [5.41, 5.74) is 16.2. The fraction of sp³-hybridized carbons (Fsp3) is 0.0189. The molecule has 0 fully saturated rings. The van der Waals surface area contributed by atoms with Crippen LogP contribution >= 0.6 is 0 Å². The monoisotopic (exact) mass is 681 g/mol. The Morgan fingerprint density at radius 2 is 0.704 bits per heavy atom. The van der Waals surface area contributed by atoms with Crippen molar-refractivity contribution in [3.05, 3.63) is 210 Å². The van der Waals surface area contributed by atoms with E-state index in [0.717, 1.165) is 0 Å². The highest BCUT2D eigenvalue weighted by Gasteiger charge is 2.53. The lowest BCUT2D eigenvalue weighted by Crippen LogP contribution is -2.40. The van der Waals surface area contributed by atoms with Gasteiger partial charge in [-0.1, -0.05) is 176 Å². The highest BCUT2D eigenvalue weighted by molar-refractivity contribution is 6.33. The van der Waals surface area contributed by atoms with Gasteiger partial charge in [-0.3, -0.25) is 0 Å². The minimum Gasteiger partial charge on any atom is -0.307 e. The van der Waals surface area contributed by atoms with E-state index in [4.69, 9.17) is 0 Å². The van der Waals surface area contributed by atoms with Crippen LogP contribution in [0.3, 0.4) is 0 Å². The average molecular weight is 682 g/mol. The molecule has 0 atom stereocenters. The molecule has 10 aromatic carbocycles. The zero-order valence-electron chi connectivity index (χ0n) is 29.3. The summed E-state index contributed by atoms with van der Waals surface area (Å²) < 4.78 is 0. The minimum atomic E-state index is -0.634. The van der Waals surface area contributed by atoms with E-state index in [9.17, 15) is 0 Å². The first-order valence-electron chi connectivity index (χ1n) is 19.0. The summed E-state index contributed by atoms with van der Waals surface area (Å²) in [5, 5.41) is 10.4. The van der Waals surface area contributed by atoms with E-state index < -0.39 is 5.41 Å². The molecule has 1 nitrogen and oxygen atoms in total. The second-order valence-electron chi connectivity index (χ2n) is 15.1. The predicted octanol–water partition coefficient (Wildman–Crippen LogP) is 14.1. The minimum absolute atomic E-state index is 0.634. The molecule has 0 saturated heterocycles. The second-order valence-corrected chi connectivity index (χ2v) is 15.1. The number of anilines is 3. The lowest BCUT2D eigenvalue weighted by Gasteiger charge is -2.52. The van der Waals surface area contributed by atoms with E-state index in [-0.39, 0.29) is 0 Å². The standard InChI is InChI=1S/C53H31N/c1-4-16-32(17-5-1)33-30-44-40-28-14-26-38-36-22-10-12-24-42(36)48-51(46(38)40)54-50(44)45(31-33)41-29-15-27-39-37-23-11-13-25-43(37)49(52(54)47(39)41)53(48,34-18-6-2-7-19-34)35-20-8-3-9-21-35/h1-31H. The Labute approximate surface area is 313 Å². The number of fused-ring (bicyclic) bond motifs is 8. The summed E-state index contributed by atoms with van der Waals surface area (Å²) >= 11 is 0. The summed E-state index contributed by atoms with van der Waals surface area (Å²) in [6.07, 6.45) is 0. The molecule has 0 radical (unpaired) electrons. The van der Waals surface area contributed by atoms with Gasteiger partial charge in [-0.25, -0.2) is 0 Å². The van der Waals surface area contributed by atoms with Gasteiger partial charge in [-0.2, -0.15) is 0 Å². The first-order chi connectivity index (χ1) is 26.8. The molecule has 0 aromatic heterocycles. The Morgan fingerprint density at radius 3 is 1.19 bits per heavy atom. The molecule has 0 saturated carbocycles. The molecule has 0 unspecified atom stereocenters. The topological polar surface area (TPSA) is 3.24 Å². The van der Waals surface area contributed by atoms with Crippen molar-refractivity contribution in [2.75, 3.05) is 4.90 Å². The van der Waals surface area contributed by atoms with Gasteiger partial charge in [0.05, 0.1) is 22.5 Å². The summed E-state index contributed by atoms with van der Waals surface area (Å²) in [6.45, 7) is 0. The Kier molecular flexibility index (Phi) is 5.36. The van der Waals surface area contributed by atoms with Gasteiger partial charge in [-0.05, 0) is 77.8 Å². The SMILES string of the molecule is c1ccc(-c2cc3c4c(c2)-c2cccc5c2c2c(c6ccccc65)C(c5ccccc5)(c5ccccc5)c5c(c6c-3cccc6c3ccccc53)N42)cc1. The van der Waals surface area contributed by atoms with Gasteiger partial charge in [-0.15, -0.1) is 0 Å². The van der Waals surface area contributed by atoms with Gasteiger partial charge in [0, 0.05) is 33.0 Å². The van der Waals surface area contributed by atoms with Crippen LogP contribution in [0.15, 0.2) is 188 Å². The van der Waals surface area contributed by atoms with Crippen LogP contribution in [0.4, 0.5) is 17.1 Å². The average Bonchev–Trinajstić information content (AvgIpc) is 3.25. The Bertz CT molecular complexity index is 3050. The molecule has 0 amide bonds. The smallest absolute Gasteiger partial charge is 0.0755 e.